The Morgan fingerprint density at radius 2 is 1.95 bits per heavy atom. The van der Waals surface area contributed by atoms with Gasteiger partial charge in [-0.15, -0.1) is 0 Å². The zero-order valence-electron chi connectivity index (χ0n) is 21.6. The van der Waals surface area contributed by atoms with Crippen LogP contribution < -0.4 is 10.6 Å². The molecule has 0 amide bonds. The second-order valence-corrected chi connectivity index (χ2v) is 10.2. The lowest BCUT2D eigenvalue weighted by molar-refractivity contribution is 0.462. The van der Waals surface area contributed by atoms with Crippen molar-refractivity contribution in [3.8, 4) is 11.3 Å². The van der Waals surface area contributed by atoms with Gasteiger partial charge < -0.3 is 15.1 Å². The van der Waals surface area contributed by atoms with Crippen molar-refractivity contribution in [2.24, 2.45) is 0 Å². The molecule has 1 atom stereocenters. The summed E-state index contributed by atoms with van der Waals surface area (Å²) in [6.07, 6.45) is 5.47. The van der Waals surface area contributed by atoms with Crippen molar-refractivity contribution in [2.75, 3.05) is 24.4 Å². The summed E-state index contributed by atoms with van der Waals surface area (Å²) in [6, 6.07) is 22.9. The lowest BCUT2D eigenvalue weighted by Gasteiger charge is -2.12. The number of hydrogen-bond acceptors (Lipinski definition) is 7. The minimum Gasteiger partial charge on any atom is -0.459 e. The second kappa shape index (κ2) is 10.9. The molecule has 0 bridgehead atoms. The number of aromatic nitrogens is 4. The first-order chi connectivity index (χ1) is 19.1. The Morgan fingerprint density at radius 3 is 2.79 bits per heavy atom. The molecule has 0 aliphatic heterocycles. The molecule has 0 radical (unpaired) electrons. The normalized spacial score (nSPS) is 12.3. The van der Waals surface area contributed by atoms with E-state index in [4.69, 9.17) is 4.42 Å². The van der Waals surface area contributed by atoms with Crippen molar-refractivity contribution in [2.45, 2.75) is 12.6 Å². The molecule has 9 heteroatoms. The third kappa shape index (κ3) is 5.23. The molecule has 0 spiro atoms. The van der Waals surface area contributed by atoms with Crippen LogP contribution in [0.1, 0.15) is 17.4 Å². The minimum absolute atomic E-state index is 0.155. The first-order valence-electron chi connectivity index (χ1n) is 12.6. The number of benzene rings is 3. The molecule has 0 fully saturated rings. The quantitative estimate of drug-likeness (QED) is 0.210. The lowest BCUT2D eigenvalue weighted by atomic mass is 10.1. The SMILES string of the molecule is CNC(CSC)c1ccc(-c2ccc3ncnc(Nc4ccc5c(cnn5Cc5cccc(F)c5)c4)c3c2)o1. The Morgan fingerprint density at radius 1 is 1.03 bits per heavy atom. The van der Waals surface area contributed by atoms with Crippen LogP contribution in [0.5, 0.6) is 0 Å². The number of rotatable bonds is 9. The number of hydrogen-bond donors (Lipinski definition) is 2. The number of fused-ring (bicyclic) bond motifs is 2. The molecule has 6 aromatic rings. The van der Waals surface area contributed by atoms with Crippen LogP contribution in [0.3, 0.4) is 0 Å². The highest BCUT2D eigenvalue weighted by molar-refractivity contribution is 7.98. The van der Waals surface area contributed by atoms with Gasteiger partial charge in [0.25, 0.3) is 0 Å². The second-order valence-electron chi connectivity index (χ2n) is 9.28. The molecule has 0 aliphatic rings. The van der Waals surface area contributed by atoms with E-state index >= 15 is 0 Å². The number of anilines is 2. The maximum Gasteiger partial charge on any atom is 0.141 e. The Hall–Kier alpha value is -4.21. The van der Waals surface area contributed by atoms with E-state index in [1.807, 2.05) is 66.5 Å². The molecule has 3 aromatic carbocycles. The van der Waals surface area contributed by atoms with E-state index in [-0.39, 0.29) is 11.9 Å². The van der Waals surface area contributed by atoms with Crippen molar-refractivity contribution in [3.63, 3.8) is 0 Å². The maximum absolute atomic E-state index is 13.6. The molecule has 7 nitrogen and oxygen atoms in total. The predicted molar refractivity (Wildman–Crippen MR) is 156 cm³/mol. The van der Waals surface area contributed by atoms with E-state index in [1.165, 1.54) is 12.1 Å². The monoisotopic (exact) mass is 538 g/mol. The van der Waals surface area contributed by atoms with Crippen molar-refractivity contribution >= 4 is 45.1 Å². The van der Waals surface area contributed by atoms with Crippen LogP contribution in [0, 0.1) is 5.82 Å². The highest BCUT2D eigenvalue weighted by atomic mass is 32.2. The molecular weight excluding hydrogens is 511 g/mol. The van der Waals surface area contributed by atoms with Gasteiger partial charge in [0.05, 0.1) is 29.8 Å². The van der Waals surface area contributed by atoms with Gasteiger partial charge in [0.2, 0.25) is 0 Å². The van der Waals surface area contributed by atoms with E-state index in [2.05, 4.69) is 38.0 Å². The molecule has 6 rings (SSSR count). The van der Waals surface area contributed by atoms with Gasteiger partial charge in [-0.1, -0.05) is 12.1 Å². The fourth-order valence-corrected chi connectivity index (χ4v) is 5.38. The standard InChI is InChI=1S/C30H27FN6OS/c1-32-26(17-39-2)29-11-10-28(38-29)20-6-8-25-24(14-20)30(34-18-33-25)36-23-7-9-27-21(13-23)15-35-37(27)16-19-4-3-5-22(31)12-19/h3-15,18,26,32H,16-17H2,1-2H3,(H,33,34,36). The summed E-state index contributed by atoms with van der Waals surface area (Å²) in [5.74, 6) is 3.10. The first-order valence-corrected chi connectivity index (χ1v) is 14.0. The average Bonchev–Trinajstić information content (AvgIpc) is 3.59. The molecular formula is C30H27FN6OS. The van der Waals surface area contributed by atoms with E-state index in [9.17, 15) is 4.39 Å². The highest BCUT2D eigenvalue weighted by Gasteiger charge is 2.15. The minimum atomic E-state index is -0.249. The van der Waals surface area contributed by atoms with Crippen LogP contribution in [0.25, 0.3) is 33.1 Å². The molecule has 0 saturated heterocycles. The summed E-state index contributed by atoms with van der Waals surface area (Å²) in [7, 11) is 1.95. The van der Waals surface area contributed by atoms with Gasteiger partial charge in [-0.05, 0) is 79.5 Å². The third-order valence-corrected chi connectivity index (χ3v) is 7.36. The summed E-state index contributed by atoms with van der Waals surface area (Å²) in [4.78, 5) is 8.99. The topological polar surface area (TPSA) is 80.8 Å². The van der Waals surface area contributed by atoms with Gasteiger partial charge in [-0.2, -0.15) is 16.9 Å². The van der Waals surface area contributed by atoms with Crippen molar-refractivity contribution in [1.82, 2.24) is 25.1 Å². The van der Waals surface area contributed by atoms with E-state index in [1.54, 1.807) is 24.2 Å². The largest absolute Gasteiger partial charge is 0.459 e. The predicted octanol–water partition coefficient (Wildman–Crippen LogP) is 6.79. The average molecular weight is 539 g/mol. The van der Waals surface area contributed by atoms with Crippen molar-refractivity contribution in [1.29, 1.82) is 0 Å². The molecule has 2 N–H and O–H groups in total. The Balaban J connectivity index is 1.28. The summed E-state index contributed by atoms with van der Waals surface area (Å²) in [5.41, 5.74) is 4.50. The van der Waals surface area contributed by atoms with E-state index < -0.39 is 0 Å². The van der Waals surface area contributed by atoms with Crippen LogP contribution in [-0.4, -0.2) is 38.8 Å². The number of nitrogens with zero attached hydrogens (tertiary/aromatic N) is 4. The number of furan rings is 1. The summed E-state index contributed by atoms with van der Waals surface area (Å²) < 4.78 is 21.7. The summed E-state index contributed by atoms with van der Waals surface area (Å²) >= 11 is 1.78. The van der Waals surface area contributed by atoms with Gasteiger partial charge >= 0.3 is 0 Å². The van der Waals surface area contributed by atoms with Crippen LogP contribution in [-0.2, 0) is 6.54 Å². The number of thioether (sulfide) groups is 1. The van der Waals surface area contributed by atoms with Gasteiger partial charge in [0.1, 0.15) is 29.5 Å². The van der Waals surface area contributed by atoms with Crippen molar-refractivity contribution < 1.29 is 8.81 Å². The molecule has 0 saturated carbocycles. The highest BCUT2D eigenvalue weighted by Crippen LogP contribution is 2.32. The lowest BCUT2D eigenvalue weighted by Crippen LogP contribution is -2.17. The van der Waals surface area contributed by atoms with Crippen molar-refractivity contribution in [3.05, 3.63) is 102 Å². The Kier molecular flexibility index (Phi) is 7.00. The molecule has 1 unspecified atom stereocenters. The molecule has 3 heterocycles. The number of halogens is 1. The Bertz CT molecular complexity index is 1760. The first kappa shape index (κ1) is 25.1. The molecule has 196 valence electrons. The Labute approximate surface area is 229 Å². The van der Waals surface area contributed by atoms with Crippen LogP contribution in [0.2, 0.25) is 0 Å². The third-order valence-electron chi connectivity index (χ3n) is 6.70. The van der Waals surface area contributed by atoms with Crippen LogP contribution >= 0.6 is 11.8 Å². The van der Waals surface area contributed by atoms with Gasteiger partial charge in [0.15, 0.2) is 0 Å². The van der Waals surface area contributed by atoms with E-state index in [0.29, 0.717) is 12.4 Å². The summed E-state index contributed by atoms with van der Waals surface area (Å²) in [5, 5.41) is 13.2. The van der Waals surface area contributed by atoms with Gasteiger partial charge in [0, 0.05) is 27.8 Å². The van der Waals surface area contributed by atoms with Crippen LogP contribution in [0.4, 0.5) is 15.9 Å². The fourth-order valence-electron chi connectivity index (χ4n) is 4.71. The van der Waals surface area contributed by atoms with E-state index in [0.717, 1.165) is 55.9 Å². The maximum atomic E-state index is 13.6. The summed E-state index contributed by atoms with van der Waals surface area (Å²) in [6.45, 7) is 0.494. The smallest absolute Gasteiger partial charge is 0.141 e. The molecule has 3 aromatic heterocycles. The fraction of sp³-hybridized carbons (Fsp3) is 0.167. The van der Waals surface area contributed by atoms with Crippen LogP contribution in [0.15, 0.2) is 89.7 Å². The molecule has 0 aliphatic carbocycles. The molecule has 39 heavy (non-hydrogen) atoms. The van der Waals surface area contributed by atoms with Gasteiger partial charge in [-0.25, -0.2) is 14.4 Å². The zero-order valence-corrected chi connectivity index (χ0v) is 22.4. The zero-order chi connectivity index (χ0) is 26.8. The number of nitrogens with one attached hydrogen (secondary N) is 2. The van der Waals surface area contributed by atoms with Gasteiger partial charge in [-0.3, -0.25) is 4.68 Å².